The van der Waals surface area contributed by atoms with Crippen LogP contribution < -0.4 is 10.6 Å². The van der Waals surface area contributed by atoms with Gasteiger partial charge >= 0.3 is 0 Å². The first-order valence-electron chi connectivity index (χ1n) is 6.19. The van der Waals surface area contributed by atoms with Gasteiger partial charge in [0.1, 0.15) is 24.3 Å². The van der Waals surface area contributed by atoms with Crippen LogP contribution in [-0.2, 0) is 4.79 Å². The average molecular weight is 235 g/mol. The van der Waals surface area contributed by atoms with Gasteiger partial charge in [-0.15, -0.1) is 0 Å². The molecule has 3 rings (SSSR count). The van der Waals surface area contributed by atoms with Gasteiger partial charge in [-0.25, -0.2) is 0 Å². The Kier molecular flexibility index (Phi) is 2.76. The summed E-state index contributed by atoms with van der Waals surface area (Å²) in [5.74, 6) is 0.0319. The third kappa shape index (κ3) is 2.15. The number of nitrogens with zero attached hydrogens (tertiary/aromatic N) is 1. The van der Waals surface area contributed by atoms with Crippen molar-refractivity contribution in [3.63, 3.8) is 0 Å². The van der Waals surface area contributed by atoms with Gasteiger partial charge in [-0.3, -0.25) is 4.79 Å². The second-order valence-corrected chi connectivity index (χ2v) is 4.75. The molecule has 5 nitrogen and oxygen atoms in total. The maximum Gasteiger partial charge on any atom is 0.248 e. The van der Waals surface area contributed by atoms with Gasteiger partial charge in [0.05, 0.1) is 5.69 Å². The van der Waals surface area contributed by atoms with Crippen LogP contribution in [0.2, 0.25) is 0 Å². The lowest BCUT2D eigenvalue weighted by atomic mass is 10.1. The number of carbonyl (C=O) groups is 1. The minimum Gasteiger partial charge on any atom is -0.468 e. The van der Waals surface area contributed by atoms with Gasteiger partial charge in [-0.2, -0.15) is 0 Å². The lowest BCUT2D eigenvalue weighted by molar-refractivity contribution is -0.117. The van der Waals surface area contributed by atoms with E-state index in [4.69, 9.17) is 4.42 Å². The zero-order chi connectivity index (χ0) is 11.7. The molecule has 92 valence electrons. The van der Waals surface area contributed by atoms with Gasteiger partial charge in [0, 0.05) is 6.54 Å². The summed E-state index contributed by atoms with van der Waals surface area (Å²) < 4.78 is 5.06. The summed E-state index contributed by atoms with van der Waals surface area (Å²) >= 11 is 0. The first kappa shape index (κ1) is 10.7. The fraction of sp³-hybridized carbons (Fsp3) is 0.583. The van der Waals surface area contributed by atoms with Crippen molar-refractivity contribution in [2.45, 2.75) is 25.3 Å². The predicted octanol–water partition coefficient (Wildman–Crippen LogP) is 1.50. The molecule has 1 aromatic rings. The van der Waals surface area contributed by atoms with Crippen LogP contribution in [0.1, 0.15) is 19.3 Å². The van der Waals surface area contributed by atoms with Crippen LogP contribution in [-0.4, -0.2) is 36.5 Å². The van der Waals surface area contributed by atoms with Crippen LogP contribution in [0.4, 0.5) is 11.4 Å². The zero-order valence-corrected chi connectivity index (χ0v) is 9.74. The molecule has 0 spiro atoms. The molecule has 1 atom stereocenters. The van der Waals surface area contributed by atoms with E-state index < -0.39 is 0 Å². The third-order valence-corrected chi connectivity index (χ3v) is 3.46. The third-order valence-electron chi connectivity index (χ3n) is 3.46. The number of anilines is 2. The molecule has 1 saturated heterocycles. The molecule has 3 heterocycles. The molecule has 17 heavy (non-hydrogen) atoms. The number of likely N-dealkylation sites (tertiary alicyclic amines) is 1. The SMILES string of the molecule is O=C1Nc2cocc2NC1CN1CCCCC1. The van der Waals surface area contributed by atoms with Crippen LogP contribution >= 0.6 is 0 Å². The smallest absolute Gasteiger partial charge is 0.248 e. The van der Waals surface area contributed by atoms with Crippen molar-refractivity contribution in [3.8, 4) is 0 Å². The standard InChI is InChI=1S/C12H17N3O2/c16-12-9(6-15-4-2-1-3-5-15)13-10-7-17-8-11(10)14-12/h7-9,13H,1-6H2,(H,14,16). The summed E-state index contributed by atoms with van der Waals surface area (Å²) in [6, 6.07) is -0.168. The van der Waals surface area contributed by atoms with Gasteiger partial charge in [0.2, 0.25) is 5.91 Å². The Morgan fingerprint density at radius 1 is 1.24 bits per heavy atom. The summed E-state index contributed by atoms with van der Waals surface area (Å²) in [6.07, 6.45) is 6.98. The van der Waals surface area contributed by atoms with Crippen LogP contribution in [0, 0.1) is 0 Å². The van der Waals surface area contributed by atoms with Crippen LogP contribution in [0.5, 0.6) is 0 Å². The molecule has 1 aromatic heterocycles. The van der Waals surface area contributed by atoms with Crippen LogP contribution in [0.3, 0.4) is 0 Å². The summed E-state index contributed by atoms with van der Waals surface area (Å²) in [7, 11) is 0. The summed E-state index contributed by atoms with van der Waals surface area (Å²) in [5, 5.41) is 6.08. The number of amides is 1. The van der Waals surface area contributed by atoms with E-state index in [1.807, 2.05) is 0 Å². The predicted molar refractivity (Wildman–Crippen MR) is 65.0 cm³/mol. The summed E-state index contributed by atoms with van der Waals surface area (Å²) in [6.45, 7) is 2.98. The topological polar surface area (TPSA) is 57.5 Å². The van der Waals surface area contributed by atoms with Gasteiger partial charge in [0.25, 0.3) is 0 Å². The quantitative estimate of drug-likeness (QED) is 0.815. The molecule has 2 N–H and O–H groups in total. The number of carbonyl (C=O) groups excluding carboxylic acids is 1. The normalized spacial score (nSPS) is 24.9. The second kappa shape index (κ2) is 4.41. The van der Waals surface area contributed by atoms with Crippen LogP contribution in [0.15, 0.2) is 16.9 Å². The maximum absolute atomic E-state index is 11.9. The Morgan fingerprint density at radius 2 is 2.00 bits per heavy atom. The van der Waals surface area contributed by atoms with Gasteiger partial charge in [-0.1, -0.05) is 6.42 Å². The maximum atomic E-state index is 11.9. The van der Waals surface area contributed by atoms with E-state index in [-0.39, 0.29) is 11.9 Å². The molecular formula is C12H17N3O2. The highest BCUT2D eigenvalue weighted by Crippen LogP contribution is 2.27. The minimum absolute atomic E-state index is 0.0319. The van der Waals surface area contributed by atoms with Crippen molar-refractivity contribution in [2.24, 2.45) is 0 Å². The number of hydrogen-bond acceptors (Lipinski definition) is 4. The molecule has 1 unspecified atom stereocenters. The number of furan rings is 1. The van der Waals surface area contributed by atoms with Crippen LogP contribution in [0.25, 0.3) is 0 Å². The highest BCUT2D eigenvalue weighted by atomic mass is 16.3. The molecule has 1 amide bonds. The Bertz CT molecular complexity index is 410. The molecule has 2 aliphatic heterocycles. The van der Waals surface area contributed by atoms with Crippen molar-refractivity contribution >= 4 is 17.3 Å². The number of rotatable bonds is 2. The molecule has 0 aliphatic carbocycles. The van der Waals surface area contributed by atoms with E-state index in [1.54, 1.807) is 12.5 Å². The highest BCUT2D eigenvalue weighted by molar-refractivity contribution is 6.02. The monoisotopic (exact) mass is 235 g/mol. The van der Waals surface area contributed by atoms with E-state index in [0.717, 1.165) is 31.0 Å². The number of hydrogen-bond donors (Lipinski definition) is 2. The van der Waals surface area contributed by atoms with Gasteiger partial charge in [-0.05, 0) is 25.9 Å². The molecule has 0 bridgehead atoms. The fourth-order valence-corrected chi connectivity index (χ4v) is 2.51. The minimum atomic E-state index is -0.168. The molecule has 5 heteroatoms. The molecule has 0 saturated carbocycles. The fourth-order valence-electron chi connectivity index (χ4n) is 2.51. The van der Waals surface area contributed by atoms with E-state index in [9.17, 15) is 4.79 Å². The Balaban J connectivity index is 1.66. The Labute approximate surface area is 100 Å². The van der Waals surface area contributed by atoms with E-state index in [1.165, 1.54) is 19.3 Å². The van der Waals surface area contributed by atoms with Gasteiger partial charge in [0.15, 0.2) is 0 Å². The number of piperidine rings is 1. The summed E-state index contributed by atoms with van der Waals surface area (Å²) in [4.78, 5) is 14.2. The Morgan fingerprint density at radius 3 is 2.82 bits per heavy atom. The molecular weight excluding hydrogens is 218 g/mol. The summed E-state index contributed by atoms with van der Waals surface area (Å²) in [5.41, 5.74) is 1.62. The molecule has 2 aliphatic rings. The number of fused-ring (bicyclic) bond motifs is 1. The average Bonchev–Trinajstić information content (AvgIpc) is 2.78. The number of nitrogens with one attached hydrogen (secondary N) is 2. The van der Waals surface area contributed by atoms with Crippen molar-refractivity contribution in [1.29, 1.82) is 0 Å². The van der Waals surface area contributed by atoms with E-state index >= 15 is 0 Å². The van der Waals surface area contributed by atoms with Crippen molar-refractivity contribution in [2.75, 3.05) is 30.3 Å². The lowest BCUT2D eigenvalue weighted by Crippen LogP contribution is -2.47. The second-order valence-electron chi connectivity index (χ2n) is 4.75. The molecule has 0 radical (unpaired) electrons. The molecule has 1 fully saturated rings. The largest absolute Gasteiger partial charge is 0.468 e. The highest BCUT2D eigenvalue weighted by Gasteiger charge is 2.28. The van der Waals surface area contributed by atoms with E-state index in [0.29, 0.717) is 0 Å². The van der Waals surface area contributed by atoms with Gasteiger partial charge < -0.3 is 20.0 Å². The van der Waals surface area contributed by atoms with Crippen molar-refractivity contribution in [1.82, 2.24) is 4.90 Å². The first-order chi connectivity index (χ1) is 8.33. The zero-order valence-electron chi connectivity index (χ0n) is 9.74. The van der Waals surface area contributed by atoms with Crippen molar-refractivity contribution < 1.29 is 9.21 Å². The first-order valence-corrected chi connectivity index (χ1v) is 6.19. The van der Waals surface area contributed by atoms with Crippen molar-refractivity contribution in [3.05, 3.63) is 12.5 Å². The molecule has 0 aromatic carbocycles. The van der Waals surface area contributed by atoms with E-state index in [2.05, 4.69) is 15.5 Å². The lowest BCUT2D eigenvalue weighted by Gasteiger charge is -2.32. The Hall–Kier alpha value is -1.49.